The van der Waals surface area contributed by atoms with Gasteiger partial charge in [-0.1, -0.05) is 30.1 Å². The SMILES string of the molecule is CC[C@H](NC(=O)OC(C)(C)C)C(=O)N1c2ccc(Cl)c(Cl)c2C[C@H]1C(=O)OC. The molecule has 0 saturated heterocycles. The second kappa shape index (κ2) is 8.57. The zero-order chi connectivity index (χ0) is 21.2. The van der Waals surface area contributed by atoms with E-state index in [0.29, 0.717) is 22.7 Å². The molecule has 7 nitrogen and oxygen atoms in total. The van der Waals surface area contributed by atoms with E-state index in [9.17, 15) is 14.4 Å². The van der Waals surface area contributed by atoms with Gasteiger partial charge in [-0.2, -0.15) is 0 Å². The first-order chi connectivity index (χ1) is 13.0. The topological polar surface area (TPSA) is 84.9 Å². The maximum absolute atomic E-state index is 13.2. The summed E-state index contributed by atoms with van der Waals surface area (Å²) in [5.74, 6) is -1.04. The van der Waals surface area contributed by atoms with Gasteiger partial charge in [0.1, 0.15) is 17.7 Å². The molecule has 0 aliphatic carbocycles. The number of hydrogen-bond donors (Lipinski definition) is 1. The van der Waals surface area contributed by atoms with E-state index in [1.54, 1.807) is 39.8 Å². The number of hydrogen-bond acceptors (Lipinski definition) is 5. The largest absolute Gasteiger partial charge is 0.467 e. The molecule has 0 fully saturated rings. The quantitative estimate of drug-likeness (QED) is 0.735. The van der Waals surface area contributed by atoms with Crippen LogP contribution in [-0.2, 0) is 25.5 Å². The van der Waals surface area contributed by atoms with Gasteiger partial charge in [-0.05, 0) is 44.9 Å². The Labute approximate surface area is 174 Å². The van der Waals surface area contributed by atoms with Crippen LogP contribution in [0.4, 0.5) is 10.5 Å². The fraction of sp³-hybridized carbons (Fsp3) is 0.526. The van der Waals surface area contributed by atoms with E-state index in [0.717, 1.165) is 0 Å². The third-order valence-corrected chi connectivity index (χ3v) is 5.09. The van der Waals surface area contributed by atoms with Crippen LogP contribution in [0.25, 0.3) is 0 Å². The van der Waals surface area contributed by atoms with Crippen molar-refractivity contribution >= 4 is 46.9 Å². The molecule has 154 valence electrons. The number of methoxy groups -OCH3 is 1. The molecule has 0 bridgehead atoms. The van der Waals surface area contributed by atoms with Crippen molar-refractivity contribution in [2.75, 3.05) is 12.0 Å². The third-order valence-electron chi connectivity index (χ3n) is 4.25. The van der Waals surface area contributed by atoms with Crippen LogP contribution in [0, 0.1) is 0 Å². The molecule has 9 heteroatoms. The number of amides is 2. The van der Waals surface area contributed by atoms with E-state index in [-0.39, 0.29) is 11.4 Å². The minimum atomic E-state index is -0.891. The van der Waals surface area contributed by atoms with Crippen molar-refractivity contribution in [1.29, 1.82) is 0 Å². The van der Waals surface area contributed by atoms with Crippen molar-refractivity contribution in [3.05, 3.63) is 27.7 Å². The highest BCUT2D eigenvalue weighted by atomic mass is 35.5. The molecule has 2 atom stereocenters. The Morgan fingerprint density at radius 2 is 1.93 bits per heavy atom. The number of anilines is 1. The van der Waals surface area contributed by atoms with E-state index in [4.69, 9.17) is 32.7 Å². The van der Waals surface area contributed by atoms with Crippen LogP contribution < -0.4 is 10.2 Å². The summed E-state index contributed by atoms with van der Waals surface area (Å²) in [6.07, 6.45) is -0.231. The average molecular weight is 431 g/mol. The molecule has 1 aromatic rings. The van der Waals surface area contributed by atoms with Crippen LogP contribution in [-0.4, -0.2) is 42.8 Å². The van der Waals surface area contributed by atoms with Gasteiger partial charge in [0, 0.05) is 12.1 Å². The van der Waals surface area contributed by atoms with Crippen LogP contribution in [0.15, 0.2) is 12.1 Å². The highest BCUT2D eigenvalue weighted by molar-refractivity contribution is 6.43. The van der Waals surface area contributed by atoms with Crippen molar-refractivity contribution in [2.45, 2.75) is 58.2 Å². The molecule has 0 unspecified atom stereocenters. The molecule has 1 heterocycles. The van der Waals surface area contributed by atoms with Crippen molar-refractivity contribution in [2.24, 2.45) is 0 Å². The molecule has 1 aromatic carbocycles. The van der Waals surface area contributed by atoms with E-state index in [2.05, 4.69) is 5.32 Å². The number of rotatable bonds is 4. The van der Waals surface area contributed by atoms with Crippen LogP contribution >= 0.6 is 23.2 Å². The Hall–Kier alpha value is -1.99. The maximum Gasteiger partial charge on any atom is 0.408 e. The summed E-state index contributed by atoms with van der Waals surface area (Å²) in [6, 6.07) is 1.41. The smallest absolute Gasteiger partial charge is 0.408 e. The molecule has 0 spiro atoms. The van der Waals surface area contributed by atoms with Crippen LogP contribution in [0.5, 0.6) is 0 Å². The fourth-order valence-corrected chi connectivity index (χ4v) is 3.42. The first-order valence-electron chi connectivity index (χ1n) is 8.87. The van der Waals surface area contributed by atoms with Crippen LogP contribution in [0.1, 0.15) is 39.7 Å². The first kappa shape index (κ1) is 22.3. The second-order valence-electron chi connectivity index (χ2n) is 7.42. The van der Waals surface area contributed by atoms with Gasteiger partial charge in [-0.15, -0.1) is 0 Å². The lowest BCUT2D eigenvalue weighted by Crippen LogP contribution is -2.53. The van der Waals surface area contributed by atoms with Crippen molar-refractivity contribution in [1.82, 2.24) is 5.32 Å². The normalized spacial score (nSPS) is 17.0. The molecule has 1 N–H and O–H groups in total. The zero-order valence-corrected chi connectivity index (χ0v) is 18.0. The Kier molecular flexibility index (Phi) is 6.83. The molecule has 2 amide bonds. The summed E-state index contributed by atoms with van der Waals surface area (Å²) in [6.45, 7) is 6.93. The number of carbonyl (C=O) groups excluding carboxylic acids is 3. The van der Waals surface area contributed by atoms with Crippen molar-refractivity contribution in [3.8, 4) is 0 Å². The Balaban J connectivity index is 2.35. The van der Waals surface area contributed by atoms with E-state index < -0.39 is 35.7 Å². The Morgan fingerprint density at radius 3 is 2.46 bits per heavy atom. The van der Waals surface area contributed by atoms with Gasteiger partial charge >= 0.3 is 12.1 Å². The molecular formula is C19H24Cl2N2O5. The van der Waals surface area contributed by atoms with Crippen molar-refractivity contribution < 1.29 is 23.9 Å². The fourth-order valence-electron chi connectivity index (χ4n) is 3.01. The van der Waals surface area contributed by atoms with Crippen LogP contribution in [0.2, 0.25) is 10.0 Å². The summed E-state index contributed by atoms with van der Waals surface area (Å²) in [4.78, 5) is 39.0. The predicted molar refractivity (Wildman–Crippen MR) is 107 cm³/mol. The van der Waals surface area contributed by atoms with Gasteiger partial charge in [0.2, 0.25) is 0 Å². The number of alkyl carbamates (subject to hydrolysis) is 1. The zero-order valence-electron chi connectivity index (χ0n) is 16.5. The lowest BCUT2D eigenvalue weighted by atomic mass is 10.1. The lowest BCUT2D eigenvalue weighted by Gasteiger charge is -2.29. The van der Waals surface area contributed by atoms with Gasteiger partial charge in [-0.3, -0.25) is 9.69 Å². The predicted octanol–water partition coefficient (Wildman–Crippen LogP) is 3.73. The summed E-state index contributed by atoms with van der Waals surface area (Å²) in [5.41, 5.74) is 0.356. The molecule has 0 saturated carbocycles. The van der Waals surface area contributed by atoms with E-state index >= 15 is 0 Å². The number of esters is 1. The minimum absolute atomic E-state index is 0.177. The number of carbonyl (C=O) groups is 3. The molecule has 2 rings (SSSR count). The number of nitrogens with one attached hydrogen (secondary N) is 1. The standard InChI is InChI=1S/C19H24Cl2N2O5/c1-6-12(22-18(26)28-19(2,3)4)16(24)23-13-8-7-11(20)15(21)10(13)9-14(23)17(25)27-5/h7-8,12,14H,6,9H2,1-5H3,(H,22,26)/t12-,14-/m0/s1. The summed E-state index contributed by atoms with van der Waals surface area (Å²) >= 11 is 12.4. The van der Waals surface area contributed by atoms with Gasteiger partial charge in [0.25, 0.3) is 5.91 Å². The highest BCUT2D eigenvalue weighted by Gasteiger charge is 2.42. The van der Waals surface area contributed by atoms with E-state index in [1.807, 2.05) is 0 Å². The minimum Gasteiger partial charge on any atom is -0.467 e. The first-order valence-corrected chi connectivity index (χ1v) is 9.63. The van der Waals surface area contributed by atoms with Crippen LogP contribution in [0.3, 0.4) is 0 Å². The number of nitrogens with zero attached hydrogens (tertiary/aromatic N) is 1. The molecule has 28 heavy (non-hydrogen) atoms. The maximum atomic E-state index is 13.2. The average Bonchev–Trinajstić information content (AvgIpc) is 3.00. The van der Waals surface area contributed by atoms with Gasteiger partial charge in [-0.25, -0.2) is 9.59 Å². The van der Waals surface area contributed by atoms with Gasteiger partial charge < -0.3 is 14.8 Å². The number of ether oxygens (including phenoxy) is 2. The van der Waals surface area contributed by atoms with Gasteiger partial charge in [0.15, 0.2) is 0 Å². The molecule has 1 aliphatic rings. The molecule has 0 radical (unpaired) electrons. The molecule has 1 aliphatic heterocycles. The van der Waals surface area contributed by atoms with E-state index in [1.165, 1.54) is 12.0 Å². The van der Waals surface area contributed by atoms with Crippen molar-refractivity contribution in [3.63, 3.8) is 0 Å². The summed E-state index contributed by atoms with van der Waals surface area (Å²) in [7, 11) is 1.25. The monoisotopic (exact) mass is 430 g/mol. The summed E-state index contributed by atoms with van der Waals surface area (Å²) < 4.78 is 10.1. The van der Waals surface area contributed by atoms with Gasteiger partial charge in [0.05, 0.1) is 17.2 Å². The molecule has 0 aromatic heterocycles. The second-order valence-corrected chi connectivity index (χ2v) is 8.20. The number of halogens is 2. The highest BCUT2D eigenvalue weighted by Crippen LogP contribution is 2.41. The number of benzene rings is 1. The molecular weight excluding hydrogens is 407 g/mol. The third kappa shape index (κ3) is 4.70. The number of fused-ring (bicyclic) bond motifs is 1. The Bertz CT molecular complexity index is 791. The Morgan fingerprint density at radius 1 is 1.29 bits per heavy atom. The lowest BCUT2D eigenvalue weighted by molar-refractivity contribution is -0.143. The summed E-state index contributed by atoms with van der Waals surface area (Å²) in [5, 5.41) is 3.19.